The zero-order valence-electron chi connectivity index (χ0n) is 23.9. The summed E-state index contributed by atoms with van der Waals surface area (Å²) < 4.78 is 120. The molecule has 0 unspecified atom stereocenters. The highest BCUT2D eigenvalue weighted by atomic mass is 19.3. The van der Waals surface area contributed by atoms with Crippen LogP contribution in [0.25, 0.3) is 33.4 Å². The summed E-state index contributed by atoms with van der Waals surface area (Å²) in [5.74, 6) is -7.65. The first-order valence-corrected chi connectivity index (χ1v) is 14.2. The second kappa shape index (κ2) is 13.1. The van der Waals surface area contributed by atoms with Gasteiger partial charge in [-0.25, -0.2) is 26.3 Å². The molecular formula is C36H26F8O. The zero-order valence-corrected chi connectivity index (χ0v) is 23.9. The van der Waals surface area contributed by atoms with Crippen LogP contribution in [0, 0.1) is 34.9 Å². The van der Waals surface area contributed by atoms with Crippen molar-refractivity contribution in [2.45, 2.75) is 38.7 Å². The van der Waals surface area contributed by atoms with E-state index in [1.54, 1.807) is 12.1 Å². The first-order chi connectivity index (χ1) is 21.5. The molecule has 0 bridgehead atoms. The summed E-state index contributed by atoms with van der Waals surface area (Å²) in [5.41, 5.74) is 0.519. The van der Waals surface area contributed by atoms with E-state index in [0.717, 1.165) is 55.5 Å². The minimum absolute atomic E-state index is 0.109. The lowest BCUT2D eigenvalue weighted by Crippen LogP contribution is -2.21. The van der Waals surface area contributed by atoms with Gasteiger partial charge in [-0.15, -0.1) is 0 Å². The molecule has 45 heavy (non-hydrogen) atoms. The molecule has 0 heterocycles. The van der Waals surface area contributed by atoms with E-state index in [1.807, 2.05) is 6.07 Å². The van der Waals surface area contributed by atoms with Crippen LogP contribution >= 0.6 is 0 Å². The van der Waals surface area contributed by atoms with E-state index in [0.29, 0.717) is 23.8 Å². The van der Waals surface area contributed by atoms with E-state index in [1.165, 1.54) is 30.3 Å². The van der Waals surface area contributed by atoms with Crippen LogP contribution in [-0.4, -0.2) is 0 Å². The topological polar surface area (TPSA) is 9.23 Å². The number of hydrogen-bond acceptors (Lipinski definition) is 1. The quantitative estimate of drug-likeness (QED) is 0.0852. The van der Waals surface area contributed by atoms with Crippen LogP contribution in [-0.2, 0) is 12.5 Å². The fourth-order valence-electron chi connectivity index (χ4n) is 5.00. The summed E-state index contributed by atoms with van der Waals surface area (Å²) in [7, 11) is 0. The van der Waals surface area contributed by atoms with Crippen molar-refractivity contribution < 1.29 is 39.9 Å². The van der Waals surface area contributed by atoms with Gasteiger partial charge in [-0.3, -0.25) is 0 Å². The molecule has 0 aliphatic heterocycles. The number of benzene rings is 5. The van der Waals surface area contributed by atoms with Gasteiger partial charge in [0.1, 0.15) is 23.2 Å². The maximum Gasteiger partial charge on any atom is 0.426 e. The summed E-state index contributed by atoms with van der Waals surface area (Å²) in [5, 5.41) is 0. The Morgan fingerprint density at radius 2 is 1.07 bits per heavy atom. The Bertz CT molecular complexity index is 1810. The Morgan fingerprint density at radius 3 is 1.69 bits per heavy atom. The van der Waals surface area contributed by atoms with E-state index in [-0.39, 0.29) is 27.8 Å². The van der Waals surface area contributed by atoms with E-state index < -0.39 is 52.3 Å². The Labute approximate surface area is 254 Å². The molecule has 0 spiro atoms. The molecule has 0 aromatic heterocycles. The first-order valence-electron chi connectivity index (χ1n) is 14.2. The average Bonchev–Trinajstić information content (AvgIpc) is 3.00. The van der Waals surface area contributed by atoms with E-state index in [2.05, 4.69) is 6.92 Å². The number of rotatable bonds is 10. The molecule has 5 rings (SSSR count). The summed E-state index contributed by atoms with van der Waals surface area (Å²) in [6.45, 7) is 2.08. The standard InChI is InChI=1S/C36H26F8O/c1-2-3-4-5-21-6-13-28(30(37)16-21)23-9-14-27(31(38)17-23)22-7-10-25(11-8-22)36(43,44)45-26-12-15-29(32(39)20-26)24-18-33(40)35(42)34(41)19-24/h6-20H,2-5H2,1H3. The van der Waals surface area contributed by atoms with E-state index in [9.17, 15) is 30.7 Å². The lowest BCUT2D eigenvalue weighted by atomic mass is 9.97. The van der Waals surface area contributed by atoms with Gasteiger partial charge >= 0.3 is 6.11 Å². The van der Waals surface area contributed by atoms with Crippen molar-refractivity contribution >= 4 is 0 Å². The average molecular weight is 627 g/mol. The van der Waals surface area contributed by atoms with Crippen LogP contribution in [0.5, 0.6) is 5.75 Å². The van der Waals surface area contributed by atoms with Gasteiger partial charge in [0.05, 0.1) is 5.56 Å². The highest BCUT2D eigenvalue weighted by Gasteiger charge is 2.35. The number of hydrogen-bond donors (Lipinski definition) is 0. The van der Waals surface area contributed by atoms with Crippen LogP contribution in [0.3, 0.4) is 0 Å². The summed E-state index contributed by atoms with van der Waals surface area (Å²) >= 11 is 0. The van der Waals surface area contributed by atoms with Crippen molar-refractivity contribution in [2.75, 3.05) is 0 Å². The Hall–Kier alpha value is -4.66. The number of ether oxygens (including phenoxy) is 1. The molecule has 0 saturated carbocycles. The maximum absolute atomic E-state index is 15.1. The van der Waals surface area contributed by atoms with Gasteiger partial charge < -0.3 is 4.74 Å². The fraction of sp³-hybridized carbons (Fsp3) is 0.167. The monoisotopic (exact) mass is 626 g/mol. The molecule has 0 aliphatic carbocycles. The molecule has 5 aromatic carbocycles. The molecule has 0 atom stereocenters. The minimum atomic E-state index is -3.94. The zero-order chi connectivity index (χ0) is 32.3. The van der Waals surface area contributed by atoms with Crippen molar-refractivity contribution in [1.29, 1.82) is 0 Å². The van der Waals surface area contributed by atoms with Crippen molar-refractivity contribution in [3.8, 4) is 39.1 Å². The van der Waals surface area contributed by atoms with Crippen LogP contribution in [0.2, 0.25) is 0 Å². The highest BCUT2D eigenvalue weighted by Crippen LogP contribution is 2.36. The fourth-order valence-corrected chi connectivity index (χ4v) is 5.00. The minimum Gasteiger partial charge on any atom is -0.429 e. The normalized spacial score (nSPS) is 11.6. The summed E-state index contributed by atoms with van der Waals surface area (Å²) in [6, 6.07) is 17.3. The summed E-state index contributed by atoms with van der Waals surface area (Å²) in [4.78, 5) is 0. The van der Waals surface area contributed by atoms with Gasteiger partial charge in [0.25, 0.3) is 0 Å². The third-order valence-corrected chi connectivity index (χ3v) is 7.40. The molecular weight excluding hydrogens is 600 g/mol. The number of halogens is 8. The predicted octanol–water partition coefficient (Wildman–Crippen LogP) is 11.4. The molecule has 0 radical (unpaired) electrons. The van der Waals surface area contributed by atoms with Gasteiger partial charge in [-0.05, 0) is 83.6 Å². The predicted molar refractivity (Wildman–Crippen MR) is 157 cm³/mol. The first kappa shape index (κ1) is 31.8. The number of unbranched alkanes of at least 4 members (excludes halogenated alkanes) is 2. The second-order valence-corrected chi connectivity index (χ2v) is 10.6. The van der Waals surface area contributed by atoms with Crippen molar-refractivity contribution in [3.05, 3.63) is 137 Å². The van der Waals surface area contributed by atoms with Crippen molar-refractivity contribution in [2.24, 2.45) is 0 Å². The second-order valence-electron chi connectivity index (χ2n) is 10.6. The molecule has 232 valence electrons. The molecule has 0 fully saturated rings. The SMILES string of the molecule is CCCCCc1ccc(-c2ccc(-c3ccc(C(F)(F)Oc4ccc(-c5cc(F)c(F)c(F)c5)c(F)c4)cc3)c(F)c2)c(F)c1. The maximum atomic E-state index is 15.1. The number of aryl methyl sites for hydroxylation is 1. The smallest absolute Gasteiger partial charge is 0.426 e. The van der Waals surface area contributed by atoms with Crippen molar-refractivity contribution in [3.63, 3.8) is 0 Å². The van der Waals surface area contributed by atoms with Crippen LogP contribution in [0.4, 0.5) is 35.1 Å². The molecule has 9 heteroatoms. The largest absolute Gasteiger partial charge is 0.429 e. The molecule has 0 N–H and O–H groups in total. The van der Waals surface area contributed by atoms with Gasteiger partial charge in [-0.1, -0.05) is 56.2 Å². The van der Waals surface area contributed by atoms with E-state index >= 15 is 4.39 Å². The van der Waals surface area contributed by atoms with Crippen LogP contribution in [0.1, 0.15) is 37.3 Å². The number of alkyl halides is 2. The van der Waals surface area contributed by atoms with Gasteiger partial charge in [-0.2, -0.15) is 8.78 Å². The van der Waals surface area contributed by atoms with Crippen LogP contribution < -0.4 is 4.74 Å². The molecule has 5 aromatic rings. The molecule has 0 amide bonds. The third kappa shape index (κ3) is 7.03. The third-order valence-electron chi connectivity index (χ3n) is 7.40. The Kier molecular flexibility index (Phi) is 9.27. The molecule has 0 saturated heterocycles. The summed E-state index contributed by atoms with van der Waals surface area (Å²) in [6.07, 6.45) is -0.138. The Balaban J connectivity index is 1.31. The van der Waals surface area contributed by atoms with Gasteiger partial charge in [0.2, 0.25) is 0 Å². The lowest BCUT2D eigenvalue weighted by Gasteiger charge is -2.19. The van der Waals surface area contributed by atoms with Crippen LogP contribution in [0.15, 0.2) is 91.0 Å². The Morgan fingerprint density at radius 1 is 0.533 bits per heavy atom. The van der Waals surface area contributed by atoms with Gasteiger partial charge in [0.15, 0.2) is 17.5 Å². The highest BCUT2D eigenvalue weighted by molar-refractivity contribution is 5.72. The van der Waals surface area contributed by atoms with Crippen molar-refractivity contribution in [1.82, 2.24) is 0 Å². The molecule has 0 aliphatic rings. The van der Waals surface area contributed by atoms with Gasteiger partial charge in [0, 0.05) is 22.8 Å². The lowest BCUT2D eigenvalue weighted by molar-refractivity contribution is -0.185. The molecule has 1 nitrogen and oxygen atoms in total. The van der Waals surface area contributed by atoms with E-state index in [4.69, 9.17) is 4.74 Å².